The van der Waals surface area contributed by atoms with Gasteiger partial charge in [0, 0.05) is 25.3 Å². The minimum atomic E-state index is -0.342. The molecule has 1 aliphatic rings. The molecule has 1 saturated heterocycles. The Morgan fingerprint density at radius 3 is 2.77 bits per heavy atom. The third-order valence-electron chi connectivity index (χ3n) is 4.79. The first-order valence-electron chi connectivity index (χ1n) is 8.78. The molecule has 3 aromatic rings. The Hall–Kier alpha value is -3.15. The number of nitrogens with one attached hydrogen (secondary N) is 2. The van der Waals surface area contributed by atoms with Crippen LogP contribution in [-0.4, -0.2) is 35.5 Å². The number of nitrogens with zero attached hydrogens (tertiary/aromatic N) is 2. The van der Waals surface area contributed by atoms with E-state index in [9.17, 15) is 9.59 Å². The summed E-state index contributed by atoms with van der Waals surface area (Å²) in [6, 6.07) is 17.3. The summed E-state index contributed by atoms with van der Waals surface area (Å²) < 4.78 is 0. The number of carbonyl (C=O) groups is 1. The average Bonchev–Trinajstić information content (AvgIpc) is 3.16. The maximum Gasteiger partial charge on any atom is 0.287 e. The van der Waals surface area contributed by atoms with E-state index in [1.807, 2.05) is 18.2 Å². The van der Waals surface area contributed by atoms with Crippen LogP contribution in [0.1, 0.15) is 17.0 Å². The van der Waals surface area contributed by atoms with Gasteiger partial charge in [0.05, 0.1) is 10.9 Å². The molecule has 1 aromatic heterocycles. The summed E-state index contributed by atoms with van der Waals surface area (Å²) in [5.74, 6) is 0.101. The molecule has 0 aliphatic carbocycles. The molecule has 26 heavy (non-hydrogen) atoms. The first kappa shape index (κ1) is 16.3. The van der Waals surface area contributed by atoms with Gasteiger partial charge in [-0.1, -0.05) is 30.3 Å². The Bertz CT molecular complexity index is 984. The zero-order valence-electron chi connectivity index (χ0n) is 14.3. The molecular weight excluding hydrogens is 328 g/mol. The third kappa shape index (κ3) is 3.31. The van der Waals surface area contributed by atoms with Crippen molar-refractivity contribution in [1.82, 2.24) is 15.3 Å². The Labute approximate surface area is 150 Å². The fraction of sp³-hybridized carbons (Fsp3) is 0.250. The highest BCUT2D eigenvalue weighted by Gasteiger charge is 2.23. The number of carbonyl (C=O) groups excluding carboxylic acids is 1. The number of benzene rings is 2. The number of aromatic amines is 1. The molecule has 1 aliphatic heterocycles. The number of hydrogen-bond donors (Lipinski definition) is 2. The lowest BCUT2D eigenvalue weighted by Crippen LogP contribution is -2.33. The summed E-state index contributed by atoms with van der Waals surface area (Å²) in [7, 11) is 0. The summed E-state index contributed by atoms with van der Waals surface area (Å²) in [5, 5.41) is 3.39. The van der Waals surface area contributed by atoms with Gasteiger partial charge in [0.15, 0.2) is 5.82 Å². The highest BCUT2D eigenvalue weighted by molar-refractivity contribution is 5.92. The van der Waals surface area contributed by atoms with E-state index in [4.69, 9.17) is 0 Å². The molecule has 2 aromatic carbocycles. The van der Waals surface area contributed by atoms with Crippen molar-refractivity contribution < 1.29 is 4.79 Å². The molecule has 0 saturated carbocycles. The molecule has 1 atom stereocenters. The van der Waals surface area contributed by atoms with Gasteiger partial charge in [-0.25, -0.2) is 4.98 Å². The van der Waals surface area contributed by atoms with E-state index >= 15 is 0 Å². The van der Waals surface area contributed by atoms with Crippen molar-refractivity contribution >= 4 is 22.5 Å². The van der Waals surface area contributed by atoms with Crippen LogP contribution in [0.4, 0.5) is 5.69 Å². The minimum Gasteiger partial charge on any atom is -0.371 e. The highest BCUT2D eigenvalue weighted by Crippen LogP contribution is 2.22. The monoisotopic (exact) mass is 348 g/mol. The second kappa shape index (κ2) is 7.00. The number of amides is 1. The zero-order valence-corrected chi connectivity index (χ0v) is 14.3. The number of H-pyrrole nitrogens is 1. The predicted molar refractivity (Wildman–Crippen MR) is 101 cm³/mol. The lowest BCUT2D eigenvalue weighted by Gasteiger charge is -2.18. The molecule has 6 nitrogen and oxygen atoms in total. The van der Waals surface area contributed by atoms with Crippen molar-refractivity contribution in [3.8, 4) is 0 Å². The lowest BCUT2D eigenvalue weighted by atomic mass is 10.1. The summed E-state index contributed by atoms with van der Waals surface area (Å²) in [4.78, 5) is 33.6. The molecule has 132 valence electrons. The van der Waals surface area contributed by atoms with Crippen molar-refractivity contribution in [2.45, 2.75) is 6.42 Å². The van der Waals surface area contributed by atoms with Gasteiger partial charge in [0.1, 0.15) is 0 Å². The molecule has 2 N–H and O–H groups in total. The van der Waals surface area contributed by atoms with Gasteiger partial charge < -0.3 is 15.2 Å². The summed E-state index contributed by atoms with van der Waals surface area (Å²) in [6.07, 6.45) is 1.02. The van der Waals surface area contributed by atoms with Crippen molar-refractivity contribution in [2.75, 3.05) is 24.5 Å². The zero-order chi connectivity index (χ0) is 17.9. The van der Waals surface area contributed by atoms with Crippen LogP contribution in [0.3, 0.4) is 0 Å². The van der Waals surface area contributed by atoms with Crippen LogP contribution >= 0.6 is 0 Å². The number of rotatable bonds is 4. The Balaban J connectivity index is 1.40. The number of fused-ring (bicyclic) bond motifs is 1. The molecule has 0 spiro atoms. The van der Waals surface area contributed by atoms with Gasteiger partial charge in [0.2, 0.25) is 0 Å². The van der Waals surface area contributed by atoms with Gasteiger partial charge in [-0.05, 0) is 36.6 Å². The molecule has 1 fully saturated rings. The quantitative estimate of drug-likeness (QED) is 0.757. The smallest absolute Gasteiger partial charge is 0.287 e. The maximum atomic E-state index is 12.4. The van der Waals surface area contributed by atoms with E-state index in [2.05, 4.69) is 32.3 Å². The highest BCUT2D eigenvalue weighted by atomic mass is 16.2. The van der Waals surface area contributed by atoms with Gasteiger partial charge in [-0.15, -0.1) is 0 Å². The Morgan fingerprint density at radius 2 is 1.92 bits per heavy atom. The second-order valence-electron chi connectivity index (χ2n) is 6.58. The molecule has 2 heterocycles. The number of anilines is 1. The molecule has 0 bridgehead atoms. The third-order valence-corrected chi connectivity index (χ3v) is 4.79. The normalized spacial score (nSPS) is 16.8. The number of aromatic nitrogens is 2. The van der Waals surface area contributed by atoms with E-state index < -0.39 is 0 Å². The maximum absolute atomic E-state index is 12.4. The van der Waals surface area contributed by atoms with Crippen LogP contribution in [0.2, 0.25) is 0 Å². The SMILES string of the molecule is O=C(NC[C@@H]1CCN(c2ccccc2)C1)c1nc2ccccc2c(=O)[nH]1. The molecule has 4 rings (SSSR count). The van der Waals surface area contributed by atoms with Gasteiger partial charge >= 0.3 is 0 Å². The second-order valence-corrected chi connectivity index (χ2v) is 6.58. The molecule has 1 amide bonds. The summed E-state index contributed by atoms with van der Waals surface area (Å²) >= 11 is 0. The lowest BCUT2D eigenvalue weighted by molar-refractivity contribution is 0.0938. The molecule has 0 radical (unpaired) electrons. The van der Waals surface area contributed by atoms with E-state index in [0.29, 0.717) is 23.4 Å². The van der Waals surface area contributed by atoms with Crippen molar-refractivity contribution in [3.63, 3.8) is 0 Å². The van der Waals surface area contributed by atoms with Crippen molar-refractivity contribution in [3.05, 3.63) is 70.8 Å². The topological polar surface area (TPSA) is 78.1 Å². The van der Waals surface area contributed by atoms with Gasteiger partial charge in [-0.3, -0.25) is 9.59 Å². The van der Waals surface area contributed by atoms with Crippen LogP contribution in [0.15, 0.2) is 59.4 Å². The van der Waals surface area contributed by atoms with E-state index in [0.717, 1.165) is 19.5 Å². The number of hydrogen-bond acceptors (Lipinski definition) is 4. The van der Waals surface area contributed by atoms with E-state index in [1.165, 1.54) is 5.69 Å². The molecular formula is C20H20N4O2. The largest absolute Gasteiger partial charge is 0.371 e. The van der Waals surface area contributed by atoms with E-state index in [1.54, 1.807) is 24.3 Å². The van der Waals surface area contributed by atoms with Crippen LogP contribution in [0.25, 0.3) is 10.9 Å². The van der Waals surface area contributed by atoms with Crippen molar-refractivity contribution in [1.29, 1.82) is 0 Å². The van der Waals surface area contributed by atoms with Crippen LogP contribution in [0, 0.1) is 5.92 Å². The average molecular weight is 348 g/mol. The van der Waals surface area contributed by atoms with Crippen LogP contribution < -0.4 is 15.8 Å². The summed E-state index contributed by atoms with van der Waals surface area (Å²) in [6.45, 7) is 2.46. The predicted octanol–water partition coefficient (Wildman–Crippen LogP) is 2.18. The van der Waals surface area contributed by atoms with Crippen molar-refractivity contribution in [2.24, 2.45) is 5.92 Å². The fourth-order valence-corrected chi connectivity index (χ4v) is 3.39. The van der Waals surface area contributed by atoms with Crippen LogP contribution in [0.5, 0.6) is 0 Å². The van der Waals surface area contributed by atoms with Crippen LogP contribution in [-0.2, 0) is 0 Å². The molecule has 0 unspecified atom stereocenters. The number of para-hydroxylation sites is 2. The van der Waals surface area contributed by atoms with Gasteiger partial charge in [-0.2, -0.15) is 0 Å². The molecule has 6 heteroatoms. The fourth-order valence-electron chi connectivity index (χ4n) is 3.39. The van der Waals surface area contributed by atoms with E-state index in [-0.39, 0.29) is 17.3 Å². The van der Waals surface area contributed by atoms with Gasteiger partial charge in [0.25, 0.3) is 11.5 Å². The Morgan fingerprint density at radius 1 is 1.15 bits per heavy atom. The first-order chi connectivity index (χ1) is 12.7. The Kier molecular flexibility index (Phi) is 4.39. The standard InChI is InChI=1S/C20H20N4O2/c25-19-16-8-4-5-9-17(16)22-18(23-19)20(26)21-12-14-10-11-24(13-14)15-6-2-1-3-7-15/h1-9,14H,10-13H2,(H,21,26)(H,22,23,25)/t14-/m0/s1. The summed E-state index contributed by atoms with van der Waals surface area (Å²) in [5.41, 5.74) is 1.44. The first-order valence-corrected chi connectivity index (χ1v) is 8.78. The minimum absolute atomic E-state index is 0.0617.